The summed E-state index contributed by atoms with van der Waals surface area (Å²) in [6.07, 6.45) is 2.94. The molecule has 0 aliphatic heterocycles. The van der Waals surface area contributed by atoms with E-state index in [4.69, 9.17) is 4.74 Å². The summed E-state index contributed by atoms with van der Waals surface area (Å²) in [6.45, 7) is 6.61. The van der Waals surface area contributed by atoms with Crippen LogP contribution in [0.4, 0.5) is 0 Å². The minimum absolute atomic E-state index is 0.246. The van der Waals surface area contributed by atoms with E-state index < -0.39 is 5.60 Å². The summed E-state index contributed by atoms with van der Waals surface area (Å²) in [5.74, 6) is 0.246. The summed E-state index contributed by atoms with van der Waals surface area (Å²) in [4.78, 5) is 12.3. The Morgan fingerprint density at radius 1 is 1.35 bits per heavy atom. The number of rotatable bonds is 8. The molecule has 0 bridgehead atoms. The van der Waals surface area contributed by atoms with E-state index in [0.717, 1.165) is 19.3 Å². The van der Waals surface area contributed by atoms with Crippen LogP contribution in [-0.2, 0) is 16.0 Å². The van der Waals surface area contributed by atoms with Crippen molar-refractivity contribution in [3.8, 4) is 0 Å². The van der Waals surface area contributed by atoms with E-state index in [0.29, 0.717) is 13.0 Å². The van der Waals surface area contributed by atoms with Gasteiger partial charge in [-0.15, -0.1) is 0 Å². The summed E-state index contributed by atoms with van der Waals surface area (Å²) in [7, 11) is 0. The van der Waals surface area contributed by atoms with Crippen molar-refractivity contribution in [2.45, 2.75) is 52.1 Å². The van der Waals surface area contributed by atoms with Crippen molar-refractivity contribution in [2.75, 3.05) is 6.61 Å². The Bertz CT molecular complexity index is 326. The van der Waals surface area contributed by atoms with Crippen molar-refractivity contribution in [3.63, 3.8) is 0 Å². The van der Waals surface area contributed by atoms with Crippen molar-refractivity contribution in [1.82, 2.24) is 0 Å². The second kappa shape index (κ2) is 6.92. The van der Waals surface area contributed by atoms with Crippen LogP contribution in [0.5, 0.6) is 0 Å². The Hall–Kier alpha value is -0.670. The lowest BCUT2D eigenvalue weighted by Gasteiger charge is -2.30. The highest BCUT2D eigenvalue weighted by Gasteiger charge is 2.34. The number of carbonyl (C=O) groups excluding carboxylic acids is 1. The molecule has 0 N–H and O–H groups in total. The van der Waals surface area contributed by atoms with Crippen molar-refractivity contribution in [1.29, 1.82) is 0 Å². The molecule has 96 valence electrons. The largest absolute Gasteiger partial charge is 0.368 e. The second-order valence-electron chi connectivity index (χ2n) is 4.19. The van der Waals surface area contributed by atoms with Gasteiger partial charge in [-0.1, -0.05) is 13.8 Å². The number of carbonyl (C=O) groups is 1. The molecule has 3 heteroatoms. The van der Waals surface area contributed by atoms with Crippen molar-refractivity contribution < 1.29 is 9.53 Å². The molecule has 1 aromatic heterocycles. The summed E-state index contributed by atoms with van der Waals surface area (Å²) in [5, 5.41) is 4.16. The summed E-state index contributed by atoms with van der Waals surface area (Å²) in [6, 6.07) is 2.08. The Kier molecular flexibility index (Phi) is 5.86. The lowest BCUT2D eigenvalue weighted by molar-refractivity contribution is -0.145. The minimum Gasteiger partial charge on any atom is -0.368 e. The van der Waals surface area contributed by atoms with Gasteiger partial charge in [0.25, 0.3) is 0 Å². The van der Waals surface area contributed by atoms with Crippen LogP contribution < -0.4 is 0 Å². The zero-order valence-corrected chi connectivity index (χ0v) is 11.8. The maximum atomic E-state index is 12.3. The zero-order valence-electron chi connectivity index (χ0n) is 11.0. The molecule has 0 spiro atoms. The van der Waals surface area contributed by atoms with Crippen LogP contribution in [0.15, 0.2) is 16.8 Å². The molecule has 0 aliphatic carbocycles. The third-order valence-electron chi connectivity index (χ3n) is 3.29. The molecule has 0 aromatic carbocycles. The molecule has 0 unspecified atom stereocenters. The molecule has 0 saturated heterocycles. The summed E-state index contributed by atoms with van der Waals surface area (Å²) in [5.41, 5.74) is 0.700. The third kappa shape index (κ3) is 3.65. The quantitative estimate of drug-likeness (QED) is 0.704. The van der Waals surface area contributed by atoms with E-state index in [1.54, 1.807) is 11.3 Å². The van der Waals surface area contributed by atoms with Gasteiger partial charge < -0.3 is 4.74 Å². The van der Waals surface area contributed by atoms with Crippen molar-refractivity contribution >= 4 is 17.1 Å². The molecule has 2 nitrogen and oxygen atoms in total. The van der Waals surface area contributed by atoms with Gasteiger partial charge in [-0.25, -0.2) is 0 Å². The fourth-order valence-electron chi connectivity index (χ4n) is 2.13. The first-order chi connectivity index (χ1) is 8.18. The SMILES string of the molecule is CCOC(CC)(CC)C(=O)CCc1ccsc1. The van der Waals surface area contributed by atoms with Crippen LogP contribution in [0.1, 0.15) is 45.6 Å². The number of hydrogen-bond donors (Lipinski definition) is 0. The molecule has 1 rings (SSSR count). The van der Waals surface area contributed by atoms with Gasteiger partial charge in [0.15, 0.2) is 5.78 Å². The Balaban J connectivity index is 2.59. The molecular formula is C14H22O2S. The van der Waals surface area contributed by atoms with E-state index in [-0.39, 0.29) is 5.78 Å². The smallest absolute Gasteiger partial charge is 0.164 e. The molecule has 0 saturated carbocycles. The highest BCUT2D eigenvalue weighted by atomic mass is 32.1. The Morgan fingerprint density at radius 3 is 2.53 bits per heavy atom. The molecule has 0 aliphatic rings. The summed E-state index contributed by atoms with van der Waals surface area (Å²) >= 11 is 1.68. The number of Topliss-reactive ketones (excluding diaryl/α,β-unsaturated/α-hetero) is 1. The van der Waals surface area contributed by atoms with Crippen LogP contribution in [0.25, 0.3) is 0 Å². The molecule has 0 radical (unpaired) electrons. The molecule has 0 fully saturated rings. The van der Waals surface area contributed by atoms with Crippen LogP contribution >= 0.6 is 11.3 Å². The van der Waals surface area contributed by atoms with Crippen LogP contribution in [0.3, 0.4) is 0 Å². The van der Waals surface area contributed by atoms with Gasteiger partial charge in [0.2, 0.25) is 0 Å². The first kappa shape index (κ1) is 14.4. The maximum Gasteiger partial charge on any atom is 0.164 e. The van der Waals surface area contributed by atoms with Gasteiger partial charge in [-0.2, -0.15) is 11.3 Å². The first-order valence-electron chi connectivity index (χ1n) is 6.36. The Labute approximate surface area is 108 Å². The lowest BCUT2D eigenvalue weighted by Crippen LogP contribution is -2.40. The fraction of sp³-hybridized carbons (Fsp3) is 0.643. The maximum absolute atomic E-state index is 12.3. The Morgan fingerprint density at radius 2 is 2.06 bits per heavy atom. The van der Waals surface area contributed by atoms with Crippen LogP contribution in [-0.4, -0.2) is 18.0 Å². The standard InChI is InChI=1S/C14H22O2S/c1-4-14(5-2,16-6-3)13(15)8-7-12-9-10-17-11-12/h9-11H,4-8H2,1-3H3. The van der Waals surface area contributed by atoms with E-state index in [1.807, 2.05) is 20.8 Å². The molecule has 17 heavy (non-hydrogen) atoms. The van der Waals surface area contributed by atoms with Crippen molar-refractivity contribution in [2.24, 2.45) is 0 Å². The van der Waals surface area contributed by atoms with E-state index in [9.17, 15) is 4.79 Å². The van der Waals surface area contributed by atoms with Crippen LogP contribution in [0.2, 0.25) is 0 Å². The third-order valence-corrected chi connectivity index (χ3v) is 4.02. The molecule has 1 aromatic rings. The predicted molar refractivity (Wildman–Crippen MR) is 72.6 cm³/mol. The number of ketones is 1. The average molecular weight is 254 g/mol. The monoisotopic (exact) mass is 254 g/mol. The number of ether oxygens (including phenoxy) is 1. The average Bonchev–Trinajstić information content (AvgIpc) is 2.86. The highest BCUT2D eigenvalue weighted by Crippen LogP contribution is 2.24. The molecule has 1 heterocycles. The van der Waals surface area contributed by atoms with Gasteiger partial charge in [0.1, 0.15) is 5.60 Å². The number of aryl methyl sites for hydroxylation is 1. The predicted octanol–water partition coefficient (Wildman–Crippen LogP) is 3.85. The topological polar surface area (TPSA) is 26.3 Å². The lowest BCUT2D eigenvalue weighted by atomic mass is 9.88. The summed E-state index contributed by atoms with van der Waals surface area (Å²) < 4.78 is 5.71. The number of thiophene rings is 1. The normalized spacial score (nSPS) is 11.7. The van der Waals surface area contributed by atoms with Gasteiger partial charge in [0.05, 0.1) is 0 Å². The molecular weight excluding hydrogens is 232 g/mol. The minimum atomic E-state index is -0.551. The first-order valence-corrected chi connectivity index (χ1v) is 7.31. The van der Waals surface area contributed by atoms with Gasteiger partial charge in [-0.05, 0) is 48.6 Å². The van der Waals surface area contributed by atoms with Crippen LogP contribution in [0, 0.1) is 0 Å². The fourth-order valence-corrected chi connectivity index (χ4v) is 2.83. The van der Waals surface area contributed by atoms with Gasteiger partial charge in [0, 0.05) is 13.0 Å². The van der Waals surface area contributed by atoms with E-state index in [2.05, 4.69) is 16.8 Å². The molecule has 0 amide bonds. The van der Waals surface area contributed by atoms with Gasteiger partial charge >= 0.3 is 0 Å². The van der Waals surface area contributed by atoms with E-state index >= 15 is 0 Å². The van der Waals surface area contributed by atoms with E-state index in [1.165, 1.54) is 5.56 Å². The highest BCUT2D eigenvalue weighted by molar-refractivity contribution is 7.07. The van der Waals surface area contributed by atoms with Gasteiger partial charge in [-0.3, -0.25) is 4.79 Å². The zero-order chi connectivity index (χ0) is 12.7. The second-order valence-corrected chi connectivity index (χ2v) is 4.97. The molecule has 0 atom stereocenters. The van der Waals surface area contributed by atoms with Crippen molar-refractivity contribution in [3.05, 3.63) is 22.4 Å². The number of hydrogen-bond acceptors (Lipinski definition) is 3.